The first-order valence-electron chi connectivity index (χ1n) is 10.9. The fourth-order valence-corrected chi connectivity index (χ4v) is 5.69. The summed E-state index contributed by atoms with van der Waals surface area (Å²) < 4.78 is 21.1. The van der Waals surface area contributed by atoms with E-state index in [4.69, 9.17) is 17.0 Å². The largest absolute Gasteiger partial charge is 0.467 e. The lowest BCUT2D eigenvalue weighted by Gasteiger charge is -2.56. The molecule has 2 aliphatic heterocycles. The van der Waals surface area contributed by atoms with Gasteiger partial charge in [-0.05, 0) is 87.1 Å². The molecule has 2 bridgehead atoms. The lowest BCUT2D eigenvalue weighted by Crippen LogP contribution is -2.72. The fourth-order valence-electron chi connectivity index (χ4n) is 4.90. The minimum atomic E-state index is -1.16. The van der Waals surface area contributed by atoms with Crippen LogP contribution in [-0.2, 0) is 4.79 Å². The third-order valence-electron chi connectivity index (χ3n) is 6.47. The zero-order valence-electron chi connectivity index (χ0n) is 18.9. The minimum absolute atomic E-state index is 0.202. The average Bonchev–Trinajstić information content (AvgIpc) is 2.77. The van der Waals surface area contributed by atoms with Crippen molar-refractivity contribution in [2.24, 2.45) is 5.92 Å². The van der Waals surface area contributed by atoms with Gasteiger partial charge in [0.1, 0.15) is 17.5 Å². The van der Waals surface area contributed by atoms with E-state index in [0.29, 0.717) is 16.5 Å². The van der Waals surface area contributed by atoms with Crippen LogP contribution >= 0.6 is 28.1 Å². The number of fused-ring (bicyclic) bond motifs is 4. The number of anilines is 2. The van der Waals surface area contributed by atoms with Crippen LogP contribution in [0.25, 0.3) is 0 Å². The Bertz CT molecular complexity index is 1320. The summed E-state index contributed by atoms with van der Waals surface area (Å²) in [5, 5.41) is 6.87. The van der Waals surface area contributed by atoms with Gasteiger partial charge in [0.2, 0.25) is 5.91 Å². The Balaban J connectivity index is 1.63. The number of amides is 1. The van der Waals surface area contributed by atoms with Crippen molar-refractivity contribution >= 4 is 50.5 Å². The van der Waals surface area contributed by atoms with Crippen molar-refractivity contribution in [2.75, 3.05) is 10.2 Å². The van der Waals surface area contributed by atoms with Crippen LogP contribution in [0, 0.1) is 25.6 Å². The summed E-state index contributed by atoms with van der Waals surface area (Å²) in [5.74, 6) is -0.570. The van der Waals surface area contributed by atoms with Crippen LogP contribution in [0.4, 0.5) is 15.8 Å². The molecule has 0 radical (unpaired) electrons. The summed E-state index contributed by atoms with van der Waals surface area (Å²) >= 11 is 9.26. The van der Waals surface area contributed by atoms with Crippen LogP contribution in [0.1, 0.15) is 29.7 Å². The molecule has 5 rings (SSSR count). The predicted octanol–water partition coefficient (Wildman–Crippen LogP) is 6.00. The van der Waals surface area contributed by atoms with Crippen molar-refractivity contribution in [3.63, 3.8) is 0 Å². The van der Waals surface area contributed by atoms with Gasteiger partial charge in [-0.25, -0.2) is 4.39 Å². The summed E-state index contributed by atoms with van der Waals surface area (Å²) in [4.78, 5) is 15.6. The molecule has 3 atom stereocenters. The number of nitrogens with one attached hydrogen (secondary N) is 2. The van der Waals surface area contributed by atoms with Crippen LogP contribution in [0.2, 0.25) is 0 Å². The zero-order valence-corrected chi connectivity index (χ0v) is 21.3. The number of carbonyl (C=O) groups is 1. The number of hydrogen-bond acceptors (Lipinski definition) is 3. The molecule has 1 saturated heterocycles. The Kier molecular flexibility index (Phi) is 5.61. The fraction of sp³-hybridized carbons (Fsp3) is 0.231. The number of ether oxygens (including phenoxy) is 1. The molecule has 0 spiro atoms. The van der Waals surface area contributed by atoms with Gasteiger partial charge < -0.3 is 15.4 Å². The van der Waals surface area contributed by atoms with Crippen LogP contribution in [-0.4, -0.2) is 16.7 Å². The monoisotopic (exact) mass is 539 g/mol. The predicted molar refractivity (Wildman–Crippen MR) is 139 cm³/mol. The number of aryl methyl sites for hydroxylation is 2. The Morgan fingerprint density at radius 2 is 1.88 bits per heavy atom. The first kappa shape index (κ1) is 22.8. The van der Waals surface area contributed by atoms with Gasteiger partial charge in [0.05, 0.1) is 6.04 Å². The molecule has 34 heavy (non-hydrogen) atoms. The van der Waals surface area contributed by atoms with Crippen molar-refractivity contribution in [3.8, 4) is 5.75 Å². The number of benzene rings is 3. The van der Waals surface area contributed by atoms with E-state index in [2.05, 4.69) is 26.6 Å². The molecule has 1 fully saturated rings. The highest BCUT2D eigenvalue weighted by molar-refractivity contribution is 9.10. The van der Waals surface area contributed by atoms with E-state index in [1.54, 1.807) is 17.0 Å². The van der Waals surface area contributed by atoms with Gasteiger partial charge in [0.25, 0.3) is 0 Å². The Labute approximate surface area is 211 Å². The highest BCUT2D eigenvalue weighted by atomic mass is 79.9. The van der Waals surface area contributed by atoms with E-state index in [1.807, 2.05) is 57.2 Å². The molecule has 3 aromatic carbocycles. The summed E-state index contributed by atoms with van der Waals surface area (Å²) in [6.07, 6.45) is 0. The van der Waals surface area contributed by atoms with Gasteiger partial charge in [-0.15, -0.1) is 0 Å². The smallest absolute Gasteiger partial charge is 0.236 e. The SMILES string of the molecule is Cc1ccc(NC(=O)[C@H]2[C@@H]3NC(=S)N(c4ccc(F)cc4)[C@@]2(C)Oc2ccc(Br)cc23)c(C)c1. The van der Waals surface area contributed by atoms with Crippen molar-refractivity contribution in [1.29, 1.82) is 0 Å². The molecule has 1 amide bonds. The van der Waals surface area contributed by atoms with Gasteiger partial charge in [-0.1, -0.05) is 33.6 Å². The number of carbonyl (C=O) groups excluding carboxylic acids is 1. The molecule has 0 aromatic heterocycles. The third-order valence-corrected chi connectivity index (χ3v) is 7.26. The Morgan fingerprint density at radius 1 is 1.15 bits per heavy atom. The van der Waals surface area contributed by atoms with Crippen molar-refractivity contribution in [3.05, 3.63) is 87.6 Å². The van der Waals surface area contributed by atoms with E-state index in [-0.39, 0.29) is 11.7 Å². The molecule has 2 N–H and O–H groups in total. The summed E-state index contributed by atoms with van der Waals surface area (Å²) in [7, 11) is 0. The minimum Gasteiger partial charge on any atom is -0.467 e. The number of hydrogen-bond donors (Lipinski definition) is 2. The second kappa shape index (κ2) is 8.36. The van der Waals surface area contributed by atoms with Gasteiger partial charge in [0.15, 0.2) is 10.8 Å². The quantitative estimate of drug-likeness (QED) is 0.399. The molecule has 3 aromatic rings. The maximum absolute atomic E-state index is 13.9. The number of rotatable bonds is 3. The molecule has 0 aliphatic carbocycles. The topological polar surface area (TPSA) is 53.6 Å². The van der Waals surface area contributed by atoms with E-state index in [9.17, 15) is 9.18 Å². The molecule has 0 unspecified atom stereocenters. The van der Waals surface area contributed by atoms with Crippen molar-refractivity contribution in [2.45, 2.75) is 32.5 Å². The zero-order chi connectivity index (χ0) is 24.2. The van der Waals surface area contributed by atoms with Crippen LogP contribution in [0.5, 0.6) is 5.75 Å². The number of halogens is 2. The Hall–Kier alpha value is -2.97. The van der Waals surface area contributed by atoms with E-state index in [0.717, 1.165) is 26.9 Å². The van der Waals surface area contributed by atoms with Crippen molar-refractivity contribution < 1.29 is 13.9 Å². The first-order valence-corrected chi connectivity index (χ1v) is 12.1. The summed E-state index contributed by atoms with van der Waals surface area (Å²) in [5.41, 5.74) is 3.15. The van der Waals surface area contributed by atoms with Crippen LogP contribution in [0.3, 0.4) is 0 Å². The molecular formula is C26H23BrFN3O2S. The standard InChI is InChI=1S/C26H23BrFN3O2S/c1-14-4-10-20(15(2)12-14)29-24(32)22-23-19-13-16(27)5-11-21(19)33-26(22,3)31(25(34)30-23)18-8-6-17(28)7-9-18/h4-13,22-23H,1-3H3,(H,29,32)(H,30,34)/t22-,23-,26+/m1/s1. The van der Waals surface area contributed by atoms with Gasteiger partial charge in [-0.3, -0.25) is 9.69 Å². The summed E-state index contributed by atoms with van der Waals surface area (Å²) in [6, 6.07) is 17.2. The maximum atomic E-state index is 13.9. The molecule has 174 valence electrons. The van der Waals surface area contributed by atoms with Gasteiger partial charge in [0, 0.05) is 21.4 Å². The highest BCUT2D eigenvalue weighted by Crippen LogP contribution is 2.50. The average molecular weight is 540 g/mol. The summed E-state index contributed by atoms with van der Waals surface area (Å²) in [6.45, 7) is 5.83. The lowest BCUT2D eigenvalue weighted by molar-refractivity contribution is -0.130. The normalized spacial score (nSPS) is 23.0. The number of nitrogens with zero attached hydrogens (tertiary/aromatic N) is 1. The van der Waals surface area contributed by atoms with Crippen LogP contribution < -0.4 is 20.3 Å². The van der Waals surface area contributed by atoms with E-state index >= 15 is 0 Å². The molecular weight excluding hydrogens is 517 g/mol. The Morgan fingerprint density at radius 3 is 2.59 bits per heavy atom. The molecule has 2 heterocycles. The van der Waals surface area contributed by atoms with Crippen LogP contribution in [0.15, 0.2) is 65.1 Å². The molecule has 5 nitrogen and oxygen atoms in total. The van der Waals surface area contributed by atoms with Gasteiger partial charge >= 0.3 is 0 Å². The number of thiocarbonyl (C=S) groups is 1. The molecule has 2 aliphatic rings. The maximum Gasteiger partial charge on any atom is 0.236 e. The van der Waals surface area contributed by atoms with Crippen molar-refractivity contribution in [1.82, 2.24) is 5.32 Å². The third kappa shape index (κ3) is 3.75. The van der Waals surface area contributed by atoms with Gasteiger partial charge in [-0.2, -0.15) is 0 Å². The lowest BCUT2D eigenvalue weighted by atomic mass is 9.78. The first-order chi connectivity index (χ1) is 16.2. The molecule has 0 saturated carbocycles. The van der Waals surface area contributed by atoms with E-state index in [1.165, 1.54) is 12.1 Å². The van der Waals surface area contributed by atoms with E-state index < -0.39 is 17.7 Å². The highest BCUT2D eigenvalue weighted by Gasteiger charge is 2.59. The molecule has 8 heteroatoms. The second-order valence-corrected chi connectivity index (χ2v) is 10.2. The second-order valence-electron chi connectivity index (χ2n) is 8.86.